The molecule has 1 aromatic carbocycles. The highest BCUT2D eigenvalue weighted by Gasteiger charge is 2.13. The summed E-state index contributed by atoms with van der Waals surface area (Å²) >= 11 is 0. The van der Waals surface area contributed by atoms with Gasteiger partial charge < -0.3 is 0 Å². The van der Waals surface area contributed by atoms with Gasteiger partial charge in [-0.3, -0.25) is 4.90 Å². The molecule has 0 atom stereocenters. The second-order valence-electron chi connectivity index (χ2n) is 5.92. The van der Waals surface area contributed by atoms with Gasteiger partial charge in [0.05, 0.1) is 6.54 Å². The Morgan fingerprint density at radius 1 is 1.00 bits per heavy atom. The number of nitrogens with zero attached hydrogens (tertiary/aromatic N) is 5. The minimum Gasteiger partial charge on any atom is -0.295 e. The van der Waals surface area contributed by atoms with Gasteiger partial charge in [0.1, 0.15) is 17.5 Å². The zero-order chi connectivity index (χ0) is 17.1. The summed E-state index contributed by atoms with van der Waals surface area (Å²) in [5.41, 5.74) is 1.99. The summed E-state index contributed by atoms with van der Waals surface area (Å²) < 4.78 is 14.8. The quantitative estimate of drug-likeness (QED) is 0.723. The van der Waals surface area contributed by atoms with Crippen molar-refractivity contribution in [2.24, 2.45) is 0 Å². The molecule has 0 amide bonds. The van der Waals surface area contributed by atoms with E-state index in [2.05, 4.69) is 20.0 Å². The van der Waals surface area contributed by atoms with E-state index in [4.69, 9.17) is 0 Å². The van der Waals surface area contributed by atoms with Crippen LogP contribution in [0.15, 0.2) is 42.5 Å². The number of pyridine rings is 1. The van der Waals surface area contributed by atoms with E-state index in [1.165, 1.54) is 12.1 Å². The molecule has 0 fully saturated rings. The smallest absolute Gasteiger partial charge is 0.155 e. The number of aromatic nitrogens is 4. The Morgan fingerprint density at radius 2 is 1.75 bits per heavy atom. The van der Waals surface area contributed by atoms with Crippen molar-refractivity contribution in [2.75, 3.05) is 7.05 Å². The molecule has 2 heterocycles. The van der Waals surface area contributed by atoms with Crippen LogP contribution in [-0.4, -0.2) is 31.7 Å². The lowest BCUT2D eigenvalue weighted by molar-refractivity contribution is 0.307. The van der Waals surface area contributed by atoms with Crippen LogP contribution in [0.25, 0.3) is 5.82 Å². The van der Waals surface area contributed by atoms with E-state index in [-0.39, 0.29) is 5.82 Å². The van der Waals surface area contributed by atoms with Crippen LogP contribution in [0, 0.1) is 19.7 Å². The zero-order valence-corrected chi connectivity index (χ0v) is 14.1. The van der Waals surface area contributed by atoms with Crippen LogP contribution in [0.2, 0.25) is 0 Å². The minimum atomic E-state index is -0.220. The number of benzene rings is 1. The first-order chi connectivity index (χ1) is 11.5. The predicted octanol–water partition coefficient (Wildman–Crippen LogP) is 3.05. The van der Waals surface area contributed by atoms with Crippen LogP contribution in [-0.2, 0) is 13.1 Å². The maximum atomic E-state index is 13.0. The average molecular weight is 325 g/mol. The molecule has 24 heavy (non-hydrogen) atoms. The maximum Gasteiger partial charge on any atom is 0.155 e. The number of rotatable bonds is 5. The minimum absolute atomic E-state index is 0.220. The summed E-state index contributed by atoms with van der Waals surface area (Å²) in [5.74, 6) is 2.08. The summed E-state index contributed by atoms with van der Waals surface area (Å²) in [6, 6.07) is 12.4. The van der Waals surface area contributed by atoms with Crippen LogP contribution in [0.1, 0.15) is 22.9 Å². The second-order valence-corrected chi connectivity index (χ2v) is 5.92. The Morgan fingerprint density at radius 3 is 2.46 bits per heavy atom. The van der Waals surface area contributed by atoms with Crippen LogP contribution >= 0.6 is 0 Å². The highest BCUT2D eigenvalue weighted by molar-refractivity contribution is 5.24. The first-order valence-corrected chi connectivity index (χ1v) is 7.81. The van der Waals surface area contributed by atoms with Crippen molar-refractivity contribution >= 4 is 0 Å². The molecular formula is C18H20FN5. The largest absolute Gasteiger partial charge is 0.295 e. The maximum absolute atomic E-state index is 13.0. The average Bonchev–Trinajstić information content (AvgIpc) is 2.90. The van der Waals surface area contributed by atoms with Crippen LogP contribution in [0.4, 0.5) is 4.39 Å². The first kappa shape index (κ1) is 16.3. The molecule has 124 valence electrons. The van der Waals surface area contributed by atoms with Crippen molar-refractivity contribution in [2.45, 2.75) is 26.9 Å². The van der Waals surface area contributed by atoms with Gasteiger partial charge in [-0.15, -0.1) is 5.10 Å². The third-order valence-corrected chi connectivity index (χ3v) is 3.65. The standard InChI is InChI=1S/C18H20FN5/c1-13-5-4-6-17(20-13)24-18(21-14(2)22-24)12-23(3)11-15-7-9-16(19)10-8-15/h4-10H,11-12H2,1-3H3. The van der Waals surface area contributed by atoms with E-state index >= 15 is 0 Å². The highest BCUT2D eigenvalue weighted by atomic mass is 19.1. The number of hydrogen-bond acceptors (Lipinski definition) is 4. The molecule has 0 bridgehead atoms. The first-order valence-electron chi connectivity index (χ1n) is 7.81. The summed E-state index contributed by atoms with van der Waals surface area (Å²) in [7, 11) is 2.00. The molecule has 0 saturated carbocycles. The van der Waals surface area contributed by atoms with Crippen molar-refractivity contribution in [3.8, 4) is 5.82 Å². The molecular weight excluding hydrogens is 305 g/mol. The van der Waals surface area contributed by atoms with E-state index in [1.807, 2.05) is 39.1 Å². The van der Waals surface area contributed by atoms with E-state index in [0.717, 1.165) is 22.9 Å². The molecule has 0 aliphatic heterocycles. The number of hydrogen-bond donors (Lipinski definition) is 0. The van der Waals surface area contributed by atoms with Crippen LogP contribution in [0.3, 0.4) is 0 Å². The van der Waals surface area contributed by atoms with Gasteiger partial charge in [0.2, 0.25) is 0 Å². The molecule has 5 nitrogen and oxygen atoms in total. The molecule has 3 rings (SSSR count). The molecule has 0 N–H and O–H groups in total. The fourth-order valence-electron chi connectivity index (χ4n) is 2.59. The van der Waals surface area contributed by atoms with Gasteiger partial charge >= 0.3 is 0 Å². The number of halogens is 1. The normalized spacial score (nSPS) is 11.2. The van der Waals surface area contributed by atoms with E-state index in [0.29, 0.717) is 18.9 Å². The van der Waals surface area contributed by atoms with Crippen molar-refractivity contribution in [3.63, 3.8) is 0 Å². The zero-order valence-electron chi connectivity index (χ0n) is 14.1. The van der Waals surface area contributed by atoms with E-state index < -0.39 is 0 Å². The predicted molar refractivity (Wildman–Crippen MR) is 90.2 cm³/mol. The SMILES string of the molecule is Cc1cccc(-n2nc(C)nc2CN(C)Cc2ccc(F)cc2)n1. The van der Waals surface area contributed by atoms with Gasteiger partial charge in [0.15, 0.2) is 5.82 Å². The van der Waals surface area contributed by atoms with Gasteiger partial charge in [0.25, 0.3) is 0 Å². The van der Waals surface area contributed by atoms with Crippen LogP contribution < -0.4 is 0 Å². The van der Waals surface area contributed by atoms with Crippen molar-refractivity contribution in [1.82, 2.24) is 24.6 Å². The molecule has 3 aromatic rings. The molecule has 0 aliphatic rings. The van der Waals surface area contributed by atoms with E-state index in [9.17, 15) is 4.39 Å². The van der Waals surface area contributed by atoms with E-state index in [1.54, 1.807) is 16.8 Å². The summed E-state index contributed by atoms with van der Waals surface area (Å²) in [6.45, 7) is 5.14. The Labute approximate surface area is 140 Å². The lowest BCUT2D eigenvalue weighted by atomic mass is 10.2. The lowest BCUT2D eigenvalue weighted by Gasteiger charge is -2.16. The topological polar surface area (TPSA) is 46.8 Å². The van der Waals surface area contributed by atoms with Gasteiger partial charge in [0, 0.05) is 12.2 Å². The summed E-state index contributed by atoms with van der Waals surface area (Å²) in [6.07, 6.45) is 0. The van der Waals surface area contributed by atoms with Crippen molar-refractivity contribution in [3.05, 3.63) is 71.2 Å². The summed E-state index contributed by atoms with van der Waals surface area (Å²) in [4.78, 5) is 11.2. The molecule has 0 radical (unpaired) electrons. The Hall–Kier alpha value is -2.60. The summed E-state index contributed by atoms with van der Waals surface area (Å²) in [5, 5.41) is 4.46. The Balaban J connectivity index is 1.78. The van der Waals surface area contributed by atoms with Crippen molar-refractivity contribution in [1.29, 1.82) is 0 Å². The third-order valence-electron chi connectivity index (χ3n) is 3.65. The fourth-order valence-corrected chi connectivity index (χ4v) is 2.59. The molecule has 0 saturated heterocycles. The molecule has 6 heteroatoms. The second kappa shape index (κ2) is 6.88. The lowest BCUT2D eigenvalue weighted by Crippen LogP contribution is -2.20. The van der Waals surface area contributed by atoms with Crippen LogP contribution in [0.5, 0.6) is 0 Å². The Kier molecular flexibility index (Phi) is 4.66. The van der Waals surface area contributed by atoms with Gasteiger partial charge in [-0.05, 0) is 50.7 Å². The molecule has 0 unspecified atom stereocenters. The molecule has 0 aliphatic carbocycles. The molecule has 2 aromatic heterocycles. The molecule has 0 spiro atoms. The number of aryl methyl sites for hydroxylation is 2. The highest BCUT2D eigenvalue weighted by Crippen LogP contribution is 2.12. The van der Waals surface area contributed by atoms with Gasteiger partial charge in [-0.25, -0.2) is 14.4 Å². The fraction of sp³-hybridized carbons (Fsp3) is 0.278. The Bertz CT molecular complexity index is 826. The van der Waals surface area contributed by atoms with Crippen molar-refractivity contribution < 1.29 is 4.39 Å². The monoisotopic (exact) mass is 325 g/mol. The third kappa shape index (κ3) is 3.83. The van der Waals surface area contributed by atoms with Gasteiger partial charge in [-0.1, -0.05) is 18.2 Å². The van der Waals surface area contributed by atoms with Gasteiger partial charge in [-0.2, -0.15) is 4.68 Å².